The molecule has 0 aliphatic rings. The van der Waals surface area contributed by atoms with Gasteiger partial charge in [-0.25, -0.2) is 0 Å². The van der Waals surface area contributed by atoms with E-state index in [1.165, 1.54) is 0 Å². The summed E-state index contributed by atoms with van der Waals surface area (Å²) in [7, 11) is 0. The highest BCUT2D eigenvalue weighted by atomic mass is 14.6. The average Bonchev–Trinajstić information content (AvgIpc) is 1.69. The van der Waals surface area contributed by atoms with Crippen LogP contribution in [0, 0.1) is 16.7 Å². The zero-order valence-corrected chi connectivity index (χ0v) is 4.60. The summed E-state index contributed by atoms with van der Waals surface area (Å²) in [4.78, 5) is 0. The minimum Gasteiger partial charge on any atom is -0.401 e. The minimum absolute atomic E-state index is 0.227. The van der Waals surface area contributed by atoms with Crippen LogP contribution in [0.5, 0.6) is 0 Å². The SMILES string of the molecule is C/C(N)=C(\C#N)C=N. The van der Waals surface area contributed by atoms with Crippen molar-refractivity contribution in [2.75, 3.05) is 0 Å². The van der Waals surface area contributed by atoms with E-state index in [0.717, 1.165) is 6.21 Å². The van der Waals surface area contributed by atoms with E-state index in [0.29, 0.717) is 5.70 Å². The zero-order chi connectivity index (χ0) is 6.57. The van der Waals surface area contributed by atoms with Crippen LogP contribution in [0.1, 0.15) is 6.92 Å². The number of hydrogen-bond donors (Lipinski definition) is 2. The third kappa shape index (κ3) is 1.43. The van der Waals surface area contributed by atoms with Crippen LogP contribution in [0.4, 0.5) is 0 Å². The molecule has 0 saturated carbocycles. The third-order valence-electron chi connectivity index (χ3n) is 0.690. The van der Waals surface area contributed by atoms with Crippen LogP contribution in [0.15, 0.2) is 11.3 Å². The summed E-state index contributed by atoms with van der Waals surface area (Å²) in [6, 6.07) is 1.76. The van der Waals surface area contributed by atoms with Crippen molar-refractivity contribution in [3.05, 3.63) is 11.3 Å². The topological polar surface area (TPSA) is 73.7 Å². The van der Waals surface area contributed by atoms with Gasteiger partial charge in [0.2, 0.25) is 0 Å². The smallest absolute Gasteiger partial charge is 0.103 e. The standard InChI is InChI=1S/C5H7N3/c1-4(8)5(2-6)3-7/h2,6H,8H2,1H3/b5-4+,6-2?. The molecule has 0 aromatic heterocycles. The number of nitriles is 1. The molecule has 0 aliphatic carbocycles. The first-order valence-corrected chi connectivity index (χ1v) is 2.09. The Labute approximate surface area is 47.9 Å². The summed E-state index contributed by atoms with van der Waals surface area (Å²) in [6.45, 7) is 1.59. The molecular weight excluding hydrogens is 102 g/mol. The zero-order valence-electron chi connectivity index (χ0n) is 4.60. The van der Waals surface area contributed by atoms with Gasteiger partial charge in [0, 0.05) is 11.9 Å². The first-order valence-electron chi connectivity index (χ1n) is 2.09. The van der Waals surface area contributed by atoms with E-state index in [1.54, 1.807) is 13.0 Å². The fourth-order valence-electron chi connectivity index (χ4n) is 0.234. The second-order valence-electron chi connectivity index (χ2n) is 1.35. The first kappa shape index (κ1) is 6.70. The lowest BCUT2D eigenvalue weighted by Crippen LogP contribution is -1.96. The molecule has 0 spiro atoms. The summed E-state index contributed by atoms with van der Waals surface area (Å²) in [5, 5.41) is 14.8. The van der Waals surface area contributed by atoms with Crippen LogP contribution in [0.3, 0.4) is 0 Å². The molecular formula is C5H7N3. The molecule has 0 aromatic carbocycles. The van der Waals surface area contributed by atoms with Crippen LogP contribution in [0.2, 0.25) is 0 Å². The van der Waals surface area contributed by atoms with Crippen molar-refractivity contribution in [1.82, 2.24) is 0 Å². The van der Waals surface area contributed by atoms with E-state index in [1.807, 2.05) is 0 Å². The summed E-state index contributed by atoms with van der Waals surface area (Å²) in [5.41, 5.74) is 5.78. The highest BCUT2D eigenvalue weighted by Crippen LogP contribution is 1.89. The van der Waals surface area contributed by atoms with Crippen molar-refractivity contribution in [2.45, 2.75) is 6.92 Å². The maximum Gasteiger partial charge on any atom is 0.103 e. The quantitative estimate of drug-likeness (QED) is 0.377. The maximum absolute atomic E-state index is 8.16. The van der Waals surface area contributed by atoms with Gasteiger partial charge in [-0.05, 0) is 6.92 Å². The van der Waals surface area contributed by atoms with Crippen molar-refractivity contribution in [3.63, 3.8) is 0 Å². The Morgan fingerprint density at radius 3 is 2.38 bits per heavy atom. The second kappa shape index (κ2) is 2.80. The molecule has 0 saturated heterocycles. The molecule has 0 fully saturated rings. The lowest BCUT2D eigenvalue weighted by Gasteiger charge is -1.86. The number of hydrogen-bond acceptors (Lipinski definition) is 3. The van der Waals surface area contributed by atoms with Gasteiger partial charge in [0.05, 0.1) is 5.57 Å². The van der Waals surface area contributed by atoms with E-state index in [2.05, 4.69) is 0 Å². The normalized spacial score (nSPS) is 11.5. The van der Waals surface area contributed by atoms with Crippen LogP contribution in [-0.4, -0.2) is 6.21 Å². The minimum atomic E-state index is 0.227. The lowest BCUT2D eigenvalue weighted by atomic mass is 10.3. The van der Waals surface area contributed by atoms with Gasteiger partial charge in [0.1, 0.15) is 6.07 Å². The van der Waals surface area contributed by atoms with Crippen LogP contribution in [-0.2, 0) is 0 Å². The van der Waals surface area contributed by atoms with Crippen molar-refractivity contribution >= 4 is 6.21 Å². The molecule has 0 amide bonds. The van der Waals surface area contributed by atoms with Crippen molar-refractivity contribution < 1.29 is 0 Å². The lowest BCUT2D eigenvalue weighted by molar-refractivity contribution is 1.29. The molecule has 0 unspecified atom stereocenters. The fourth-order valence-corrected chi connectivity index (χ4v) is 0.234. The van der Waals surface area contributed by atoms with Gasteiger partial charge in [-0.2, -0.15) is 5.26 Å². The highest BCUT2D eigenvalue weighted by Gasteiger charge is 1.89. The molecule has 3 heteroatoms. The van der Waals surface area contributed by atoms with E-state index >= 15 is 0 Å². The summed E-state index contributed by atoms with van der Waals surface area (Å²) in [6.07, 6.45) is 0.940. The Balaban J connectivity index is 4.38. The third-order valence-corrected chi connectivity index (χ3v) is 0.690. The van der Waals surface area contributed by atoms with Crippen molar-refractivity contribution in [3.8, 4) is 6.07 Å². The summed E-state index contributed by atoms with van der Waals surface area (Å²) in [5.74, 6) is 0. The van der Waals surface area contributed by atoms with Crippen molar-refractivity contribution in [2.24, 2.45) is 5.73 Å². The number of rotatable bonds is 1. The number of nitrogens with one attached hydrogen (secondary N) is 1. The molecule has 8 heavy (non-hydrogen) atoms. The number of nitrogens with two attached hydrogens (primary N) is 1. The molecule has 0 rings (SSSR count). The molecule has 3 nitrogen and oxygen atoms in total. The Bertz CT molecular complexity index is 157. The summed E-state index contributed by atoms with van der Waals surface area (Å²) >= 11 is 0. The maximum atomic E-state index is 8.16. The average molecular weight is 109 g/mol. The van der Waals surface area contributed by atoms with Gasteiger partial charge in [0.15, 0.2) is 0 Å². The van der Waals surface area contributed by atoms with Gasteiger partial charge < -0.3 is 11.1 Å². The molecule has 0 heterocycles. The Morgan fingerprint density at radius 2 is 2.38 bits per heavy atom. The molecule has 0 atom stereocenters. The van der Waals surface area contributed by atoms with Gasteiger partial charge in [-0.1, -0.05) is 0 Å². The molecule has 0 radical (unpaired) electrons. The molecule has 0 aliphatic heterocycles. The fraction of sp³-hybridized carbons (Fsp3) is 0.200. The largest absolute Gasteiger partial charge is 0.401 e. The summed E-state index contributed by atoms with van der Waals surface area (Å²) < 4.78 is 0. The predicted molar refractivity (Wildman–Crippen MR) is 31.3 cm³/mol. The predicted octanol–water partition coefficient (Wildman–Crippen LogP) is 0.392. The Kier molecular flexibility index (Phi) is 2.35. The van der Waals surface area contributed by atoms with E-state index in [-0.39, 0.29) is 5.57 Å². The molecule has 0 aromatic rings. The number of nitrogens with zero attached hydrogens (tertiary/aromatic N) is 1. The Morgan fingerprint density at radius 1 is 1.88 bits per heavy atom. The molecule has 3 N–H and O–H groups in total. The van der Waals surface area contributed by atoms with Crippen LogP contribution < -0.4 is 5.73 Å². The first-order chi connectivity index (χ1) is 3.72. The second-order valence-corrected chi connectivity index (χ2v) is 1.35. The highest BCUT2D eigenvalue weighted by molar-refractivity contribution is 5.81. The Hall–Kier alpha value is -1.30. The van der Waals surface area contributed by atoms with Gasteiger partial charge in [-0.3, -0.25) is 0 Å². The number of allylic oxidation sites excluding steroid dienone is 2. The van der Waals surface area contributed by atoms with E-state index < -0.39 is 0 Å². The van der Waals surface area contributed by atoms with Crippen LogP contribution in [0.25, 0.3) is 0 Å². The van der Waals surface area contributed by atoms with E-state index in [4.69, 9.17) is 16.4 Å². The molecule has 42 valence electrons. The van der Waals surface area contributed by atoms with E-state index in [9.17, 15) is 0 Å². The van der Waals surface area contributed by atoms with Gasteiger partial charge in [-0.15, -0.1) is 0 Å². The molecule has 0 bridgehead atoms. The van der Waals surface area contributed by atoms with Crippen molar-refractivity contribution in [1.29, 1.82) is 10.7 Å². The van der Waals surface area contributed by atoms with Gasteiger partial charge in [0.25, 0.3) is 0 Å². The van der Waals surface area contributed by atoms with Gasteiger partial charge >= 0.3 is 0 Å². The van der Waals surface area contributed by atoms with Crippen LogP contribution >= 0.6 is 0 Å². The monoisotopic (exact) mass is 109 g/mol.